The molecule has 0 atom stereocenters. The molecular weight excluding hydrogens is 382 g/mol. The zero-order valence-electron chi connectivity index (χ0n) is 15.2. The van der Waals surface area contributed by atoms with Gasteiger partial charge in [0.2, 0.25) is 16.0 Å². The second-order valence-corrected chi connectivity index (χ2v) is 8.36. The monoisotopic (exact) mass is 403 g/mol. The van der Waals surface area contributed by atoms with Crippen molar-refractivity contribution in [2.24, 2.45) is 5.14 Å². The van der Waals surface area contributed by atoms with E-state index in [1.54, 1.807) is 11.0 Å². The first-order valence-corrected chi connectivity index (χ1v) is 10.6. The Morgan fingerprint density at radius 2 is 1.96 bits per heavy atom. The maximum atomic E-state index is 12.7. The Morgan fingerprint density at radius 3 is 2.71 bits per heavy atom. The summed E-state index contributed by atoms with van der Waals surface area (Å²) in [5.74, 6) is 0.456. The van der Waals surface area contributed by atoms with Crippen LogP contribution in [0.3, 0.4) is 0 Å². The van der Waals surface area contributed by atoms with Crippen molar-refractivity contribution in [1.29, 1.82) is 0 Å². The molecule has 1 amide bonds. The van der Waals surface area contributed by atoms with Gasteiger partial charge in [-0.15, -0.1) is 0 Å². The number of hydrogen-bond acceptors (Lipinski definition) is 7. The molecule has 28 heavy (non-hydrogen) atoms. The van der Waals surface area contributed by atoms with Gasteiger partial charge in [-0.2, -0.15) is 0 Å². The molecule has 0 bridgehead atoms. The van der Waals surface area contributed by atoms with Crippen molar-refractivity contribution in [2.75, 3.05) is 37.7 Å². The van der Waals surface area contributed by atoms with Crippen LogP contribution in [0, 0.1) is 0 Å². The fourth-order valence-electron chi connectivity index (χ4n) is 3.37. The molecule has 2 aromatic rings. The van der Waals surface area contributed by atoms with Crippen LogP contribution < -0.4 is 10.0 Å². The van der Waals surface area contributed by atoms with Gasteiger partial charge in [-0.05, 0) is 18.2 Å². The van der Waals surface area contributed by atoms with Gasteiger partial charge in [0.15, 0.2) is 0 Å². The van der Waals surface area contributed by atoms with Crippen LogP contribution in [0.4, 0.5) is 5.95 Å². The van der Waals surface area contributed by atoms with Gasteiger partial charge in [0.1, 0.15) is 0 Å². The minimum Gasteiger partial charge on any atom is -0.376 e. The molecule has 1 aromatic carbocycles. The van der Waals surface area contributed by atoms with Crippen LogP contribution in [0.2, 0.25) is 0 Å². The number of carbonyl (C=O) groups excluding carboxylic acids is 1. The normalized spacial score (nSPS) is 17.3. The maximum Gasteiger partial charge on any atom is 0.254 e. The van der Waals surface area contributed by atoms with Crippen LogP contribution in [0.1, 0.15) is 21.6 Å². The number of fused-ring (bicyclic) bond motifs is 1. The summed E-state index contributed by atoms with van der Waals surface area (Å²) in [6.45, 7) is 3.44. The van der Waals surface area contributed by atoms with Crippen molar-refractivity contribution in [3.8, 4) is 0 Å². The fraction of sp³-hybridized carbons (Fsp3) is 0.389. The van der Waals surface area contributed by atoms with E-state index in [4.69, 9.17) is 9.88 Å². The molecule has 2 aliphatic heterocycles. The number of nitrogens with zero attached hydrogens (tertiary/aromatic N) is 4. The van der Waals surface area contributed by atoms with Gasteiger partial charge in [-0.25, -0.2) is 23.5 Å². The number of carbonyl (C=O) groups is 1. The molecule has 10 heteroatoms. The maximum absolute atomic E-state index is 12.7. The molecule has 1 aromatic heterocycles. The molecule has 2 aliphatic rings. The highest BCUT2D eigenvalue weighted by atomic mass is 32.2. The number of primary sulfonamides is 1. The highest BCUT2D eigenvalue weighted by Crippen LogP contribution is 2.19. The van der Waals surface area contributed by atoms with E-state index in [-0.39, 0.29) is 10.8 Å². The molecule has 4 rings (SSSR count). The lowest BCUT2D eigenvalue weighted by Gasteiger charge is -2.35. The van der Waals surface area contributed by atoms with Gasteiger partial charge in [0.25, 0.3) is 5.91 Å². The van der Waals surface area contributed by atoms with E-state index in [1.807, 2.05) is 6.20 Å². The molecule has 3 heterocycles. The molecule has 1 saturated heterocycles. The Kier molecular flexibility index (Phi) is 5.00. The Morgan fingerprint density at radius 1 is 1.18 bits per heavy atom. The average molecular weight is 403 g/mol. The zero-order valence-corrected chi connectivity index (χ0v) is 16.1. The molecule has 9 nitrogen and oxygen atoms in total. The topological polar surface area (TPSA) is 119 Å². The van der Waals surface area contributed by atoms with E-state index in [0.29, 0.717) is 50.9 Å². The van der Waals surface area contributed by atoms with E-state index in [1.165, 1.54) is 18.2 Å². The third kappa shape index (κ3) is 3.84. The van der Waals surface area contributed by atoms with E-state index < -0.39 is 10.0 Å². The molecule has 0 radical (unpaired) electrons. The summed E-state index contributed by atoms with van der Waals surface area (Å²) < 4.78 is 28.4. The Hall–Kier alpha value is -2.56. The summed E-state index contributed by atoms with van der Waals surface area (Å²) in [5.41, 5.74) is 2.36. The third-order valence-corrected chi connectivity index (χ3v) is 5.85. The summed E-state index contributed by atoms with van der Waals surface area (Å²) in [6.07, 6.45) is 2.59. The Balaban J connectivity index is 1.43. The number of ether oxygens (including phenoxy) is 1. The first-order valence-electron chi connectivity index (χ1n) is 9.01. The number of anilines is 1. The van der Waals surface area contributed by atoms with Crippen LogP contribution in [0.25, 0.3) is 0 Å². The lowest BCUT2D eigenvalue weighted by atomic mass is 10.1. The number of rotatable bonds is 3. The molecule has 0 saturated carbocycles. The molecule has 2 N–H and O–H groups in total. The van der Waals surface area contributed by atoms with Crippen molar-refractivity contribution in [3.63, 3.8) is 0 Å². The van der Waals surface area contributed by atoms with E-state index >= 15 is 0 Å². The van der Waals surface area contributed by atoms with Crippen molar-refractivity contribution in [1.82, 2.24) is 14.9 Å². The molecule has 0 unspecified atom stereocenters. The summed E-state index contributed by atoms with van der Waals surface area (Å²) in [7, 11) is -3.85. The van der Waals surface area contributed by atoms with E-state index in [2.05, 4.69) is 14.9 Å². The van der Waals surface area contributed by atoms with Crippen LogP contribution in [-0.4, -0.2) is 62.0 Å². The number of aromatic nitrogens is 2. The second-order valence-electron chi connectivity index (χ2n) is 6.80. The Bertz CT molecular complexity index is 1000. The van der Waals surface area contributed by atoms with Crippen molar-refractivity contribution >= 4 is 21.9 Å². The smallest absolute Gasteiger partial charge is 0.254 e. The summed E-state index contributed by atoms with van der Waals surface area (Å²) >= 11 is 0. The predicted molar refractivity (Wildman–Crippen MR) is 101 cm³/mol. The highest BCUT2D eigenvalue weighted by Gasteiger charge is 2.25. The minimum absolute atomic E-state index is 0.0663. The number of benzene rings is 1. The van der Waals surface area contributed by atoms with Crippen LogP contribution in [0.5, 0.6) is 0 Å². The van der Waals surface area contributed by atoms with Gasteiger partial charge in [-0.1, -0.05) is 6.07 Å². The largest absolute Gasteiger partial charge is 0.376 e. The van der Waals surface area contributed by atoms with Crippen molar-refractivity contribution in [3.05, 3.63) is 47.3 Å². The molecule has 148 valence electrons. The summed E-state index contributed by atoms with van der Waals surface area (Å²) in [6, 6.07) is 5.81. The molecular formula is C18H21N5O4S. The van der Waals surface area contributed by atoms with Gasteiger partial charge in [0.05, 0.1) is 23.8 Å². The van der Waals surface area contributed by atoms with Gasteiger partial charge >= 0.3 is 0 Å². The second kappa shape index (κ2) is 7.46. The lowest BCUT2D eigenvalue weighted by Crippen LogP contribution is -2.49. The third-order valence-electron chi connectivity index (χ3n) is 4.94. The summed E-state index contributed by atoms with van der Waals surface area (Å²) in [5, 5.41) is 5.15. The average Bonchev–Trinajstić information content (AvgIpc) is 2.72. The first-order chi connectivity index (χ1) is 13.4. The van der Waals surface area contributed by atoms with E-state index in [9.17, 15) is 13.2 Å². The number of hydrogen-bond donors (Lipinski definition) is 1. The molecule has 0 aliphatic carbocycles. The number of piperazine rings is 1. The highest BCUT2D eigenvalue weighted by molar-refractivity contribution is 7.89. The minimum atomic E-state index is -3.85. The van der Waals surface area contributed by atoms with Crippen LogP contribution >= 0.6 is 0 Å². The number of sulfonamides is 1. The number of nitrogens with two attached hydrogens (primary N) is 1. The quantitative estimate of drug-likeness (QED) is 0.775. The van der Waals surface area contributed by atoms with Crippen molar-refractivity contribution < 1.29 is 17.9 Å². The zero-order chi connectivity index (χ0) is 19.7. The predicted octanol–water partition coefficient (Wildman–Crippen LogP) is 0.159. The SMILES string of the molecule is NS(=O)(=O)c1cccc(C(=O)N2CCN(c3ncc4c(n3)CCOC4)CC2)c1. The first kappa shape index (κ1) is 18.8. The molecule has 0 spiro atoms. The summed E-state index contributed by atoms with van der Waals surface area (Å²) in [4.78, 5) is 25.5. The van der Waals surface area contributed by atoms with Gasteiger partial charge in [-0.3, -0.25) is 4.79 Å². The standard InChI is InChI=1S/C18H21N5O4S/c19-28(25,26)15-3-1-2-13(10-15)17(24)22-5-7-23(8-6-22)18-20-11-14-12-27-9-4-16(14)21-18/h1-3,10-11H,4-9,12H2,(H2,19,25,26). The lowest BCUT2D eigenvalue weighted by molar-refractivity contribution is 0.0745. The molecule has 1 fully saturated rings. The Labute approximate surface area is 163 Å². The number of amides is 1. The van der Waals surface area contributed by atoms with Crippen molar-refractivity contribution in [2.45, 2.75) is 17.9 Å². The van der Waals surface area contributed by atoms with Gasteiger partial charge < -0.3 is 14.5 Å². The fourth-order valence-corrected chi connectivity index (χ4v) is 3.93. The van der Waals surface area contributed by atoms with E-state index in [0.717, 1.165) is 17.7 Å². The van der Waals surface area contributed by atoms with Gasteiger partial charge in [0, 0.05) is 49.9 Å². The van der Waals surface area contributed by atoms with Crippen LogP contribution in [-0.2, 0) is 27.8 Å². The van der Waals surface area contributed by atoms with Crippen LogP contribution in [0.15, 0.2) is 35.4 Å².